The highest BCUT2D eigenvalue weighted by molar-refractivity contribution is 8.00. The molecule has 10 nitrogen and oxygen atoms in total. The van der Waals surface area contributed by atoms with Gasteiger partial charge in [0.15, 0.2) is 5.13 Å². The molecule has 0 radical (unpaired) electrons. The zero-order valence-electron chi connectivity index (χ0n) is 13.6. The zero-order chi connectivity index (χ0) is 19.7. The summed E-state index contributed by atoms with van der Waals surface area (Å²) < 4.78 is 0. The van der Waals surface area contributed by atoms with Gasteiger partial charge in [-0.25, -0.2) is 9.78 Å². The molecule has 2 amide bonds. The molecule has 1 fully saturated rings. The fourth-order valence-electron chi connectivity index (χ4n) is 2.67. The van der Waals surface area contributed by atoms with Gasteiger partial charge in [0.05, 0.1) is 17.7 Å². The number of carbonyl (C=O) groups is 4. The van der Waals surface area contributed by atoms with Crippen molar-refractivity contribution in [3.63, 3.8) is 0 Å². The average Bonchev–Trinajstić information content (AvgIpc) is 3.04. The third-order valence-electron chi connectivity index (χ3n) is 3.88. The van der Waals surface area contributed by atoms with Crippen molar-refractivity contribution in [2.75, 3.05) is 11.5 Å². The number of nitrogens with two attached hydrogens (primary N) is 1. The Morgan fingerprint density at radius 1 is 1.41 bits per heavy atom. The van der Waals surface area contributed by atoms with Gasteiger partial charge in [-0.2, -0.15) is 0 Å². The van der Waals surface area contributed by atoms with Crippen molar-refractivity contribution >= 4 is 57.6 Å². The van der Waals surface area contributed by atoms with Crippen LogP contribution < -0.4 is 11.1 Å². The molecule has 0 bridgehead atoms. The Bertz CT molecular complexity index is 893. The first kappa shape index (κ1) is 18.9. The SMILES string of the molecule is Nc1nc(/C(=C\CC(=O)O)C(=O)NC2C(=O)N3C(C(=O)O)=CCSC23)cs1. The Morgan fingerprint density at radius 2 is 2.15 bits per heavy atom. The summed E-state index contributed by atoms with van der Waals surface area (Å²) in [7, 11) is 0. The van der Waals surface area contributed by atoms with Crippen LogP contribution >= 0.6 is 23.1 Å². The average molecular weight is 410 g/mol. The van der Waals surface area contributed by atoms with E-state index in [1.807, 2.05) is 0 Å². The van der Waals surface area contributed by atoms with E-state index >= 15 is 0 Å². The Balaban J connectivity index is 1.78. The number of nitrogen functional groups attached to an aromatic ring is 1. The highest BCUT2D eigenvalue weighted by Crippen LogP contribution is 2.37. The lowest BCUT2D eigenvalue weighted by atomic mass is 10.0. The fourth-order valence-corrected chi connectivity index (χ4v) is 4.43. The molecule has 142 valence electrons. The number of fused-ring (bicyclic) bond motifs is 1. The number of rotatable bonds is 6. The number of aromatic nitrogens is 1. The molecule has 3 heterocycles. The Labute approximate surface area is 160 Å². The first-order valence-electron chi connectivity index (χ1n) is 7.62. The van der Waals surface area contributed by atoms with Gasteiger partial charge in [-0.1, -0.05) is 6.08 Å². The Morgan fingerprint density at radius 3 is 2.74 bits per heavy atom. The maximum Gasteiger partial charge on any atom is 0.352 e. The lowest BCUT2D eigenvalue weighted by Crippen LogP contribution is -2.70. The van der Waals surface area contributed by atoms with E-state index in [0.717, 1.165) is 16.2 Å². The molecule has 1 aromatic heterocycles. The number of hydrogen-bond donors (Lipinski definition) is 4. The summed E-state index contributed by atoms with van der Waals surface area (Å²) in [6.45, 7) is 0. The van der Waals surface area contributed by atoms with Gasteiger partial charge in [0.1, 0.15) is 17.1 Å². The van der Waals surface area contributed by atoms with Crippen LogP contribution in [0.1, 0.15) is 12.1 Å². The smallest absolute Gasteiger partial charge is 0.352 e. The Kier molecular flexibility index (Phi) is 5.19. The second kappa shape index (κ2) is 7.40. The fraction of sp³-hybridized carbons (Fsp3) is 0.267. The number of anilines is 1. The van der Waals surface area contributed by atoms with Crippen LogP contribution in [0.3, 0.4) is 0 Å². The second-order valence-electron chi connectivity index (χ2n) is 5.56. The number of hydrogen-bond acceptors (Lipinski definition) is 8. The maximum atomic E-state index is 12.6. The summed E-state index contributed by atoms with van der Waals surface area (Å²) in [5, 5.41) is 21.8. The predicted molar refractivity (Wildman–Crippen MR) is 97.5 cm³/mol. The van der Waals surface area contributed by atoms with Crippen LogP contribution in [0.4, 0.5) is 5.13 Å². The van der Waals surface area contributed by atoms with Crippen molar-refractivity contribution < 1.29 is 29.4 Å². The van der Waals surface area contributed by atoms with Gasteiger partial charge < -0.3 is 21.3 Å². The monoisotopic (exact) mass is 410 g/mol. The number of carbonyl (C=O) groups excluding carboxylic acids is 2. The topological polar surface area (TPSA) is 163 Å². The molecule has 2 atom stereocenters. The largest absolute Gasteiger partial charge is 0.481 e. The van der Waals surface area contributed by atoms with Crippen LogP contribution in [0.5, 0.6) is 0 Å². The molecule has 3 rings (SSSR count). The minimum Gasteiger partial charge on any atom is -0.481 e. The van der Waals surface area contributed by atoms with Crippen molar-refractivity contribution in [3.05, 3.63) is 28.9 Å². The minimum absolute atomic E-state index is 0.00795. The molecule has 0 aromatic carbocycles. The molecule has 1 saturated heterocycles. The number of thiazole rings is 1. The summed E-state index contributed by atoms with van der Waals surface area (Å²) in [4.78, 5) is 52.1. The minimum atomic E-state index is -1.21. The van der Waals surface area contributed by atoms with Gasteiger partial charge in [-0.15, -0.1) is 23.1 Å². The summed E-state index contributed by atoms with van der Waals surface area (Å²) in [5.74, 6) is -3.16. The molecule has 2 unspecified atom stereocenters. The van der Waals surface area contributed by atoms with Crippen molar-refractivity contribution in [1.82, 2.24) is 15.2 Å². The zero-order valence-corrected chi connectivity index (χ0v) is 15.2. The molecule has 12 heteroatoms. The molecular weight excluding hydrogens is 396 g/mol. The third kappa shape index (κ3) is 3.66. The quantitative estimate of drug-likeness (QED) is 0.372. The van der Waals surface area contributed by atoms with Gasteiger partial charge in [0, 0.05) is 11.1 Å². The molecule has 1 aromatic rings. The van der Waals surface area contributed by atoms with E-state index in [-0.39, 0.29) is 22.1 Å². The lowest BCUT2D eigenvalue weighted by Gasteiger charge is -2.48. The van der Waals surface area contributed by atoms with Crippen LogP contribution in [0.25, 0.3) is 5.57 Å². The van der Waals surface area contributed by atoms with E-state index in [0.29, 0.717) is 5.75 Å². The molecule has 2 aliphatic heterocycles. The molecule has 0 spiro atoms. The summed E-state index contributed by atoms with van der Waals surface area (Å²) >= 11 is 2.41. The van der Waals surface area contributed by atoms with Gasteiger partial charge in [-0.3, -0.25) is 19.3 Å². The van der Waals surface area contributed by atoms with Crippen LogP contribution in [0.15, 0.2) is 23.2 Å². The van der Waals surface area contributed by atoms with Crippen LogP contribution in [-0.4, -0.2) is 61.0 Å². The number of carboxylic acids is 2. The van der Waals surface area contributed by atoms with Crippen molar-refractivity contribution in [3.8, 4) is 0 Å². The van der Waals surface area contributed by atoms with E-state index in [1.165, 1.54) is 29.3 Å². The van der Waals surface area contributed by atoms with Gasteiger partial charge in [-0.05, 0) is 6.08 Å². The third-order valence-corrected chi connectivity index (χ3v) is 5.73. The van der Waals surface area contributed by atoms with E-state index in [2.05, 4.69) is 10.3 Å². The number of aliphatic carboxylic acids is 2. The van der Waals surface area contributed by atoms with E-state index in [1.54, 1.807) is 0 Å². The molecule has 0 saturated carbocycles. The van der Waals surface area contributed by atoms with Crippen molar-refractivity contribution in [2.45, 2.75) is 17.8 Å². The van der Waals surface area contributed by atoms with E-state index in [9.17, 15) is 19.2 Å². The molecule has 0 aliphatic carbocycles. The Hall–Kier alpha value is -2.86. The number of β-lactam (4-membered cyclic amide) rings is 1. The normalized spacial score (nSPS) is 21.8. The standard InChI is InChI=1S/C15H14N4O6S2/c16-15-17-7(5-27-15)6(1-2-9(20)21)11(22)18-10-12(23)19-8(14(24)25)3-4-26-13(10)19/h1,3,5,10,13H,2,4H2,(H2,16,17)(H,18,22)(H,20,21)(H,24,25)/b6-1+. The van der Waals surface area contributed by atoms with Crippen molar-refractivity contribution in [2.24, 2.45) is 0 Å². The molecule has 27 heavy (non-hydrogen) atoms. The first-order valence-corrected chi connectivity index (χ1v) is 9.54. The lowest BCUT2D eigenvalue weighted by molar-refractivity contribution is -0.150. The number of nitrogens with one attached hydrogen (secondary N) is 1. The first-order chi connectivity index (χ1) is 12.8. The van der Waals surface area contributed by atoms with Crippen molar-refractivity contribution in [1.29, 1.82) is 0 Å². The van der Waals surface area contributed by atoms with Gasteiger partial charge in [0.2, 0.25) is 0 Å². The van der Waals surface area contributed by atoms with Crippen LogP contribution in [0, 0.1) is 0 Å². The molecular formula is C15H14N4O6S2. The second-order valence-corrected chi connectivity index (χ2v) is 7.60. The van der Waals surface area contributed by atoms with Crippen LogP contribution in [0.2, 0.25) is 0 Å². The predicted octanol–water partition coefficient (Wildman–Crippen LogP) is -0.0482. The highest BCUT2D eigenvalue weighted by Gasteiger charge is 2.52. The summed E-state index contributed by atoms with van der Waals surface area (Å²) in [6, 6.07) is -0.908. The number of amides is 2. The van der Waals surface area contributed by atoms with Gasteiger partial charge >= 0.3 is 11.9 Å². The maximum absolute atomic E-state index is 12.6. The number of carboxylic acid groups (broad SMARTS) is 2. The number of nitrogens with zero attached hydrogens (tertiary/aromatic N) is 2. The highest BCUT2D eigenvalue weighted by atomic mass is 32.2. The summed E-state index contributed by atoms with van der Waals surface area (Å²) in [5.41, 5.74) is 5.66. The van der Waals surface area contributed by atoms with Gasteiger partial charge in [0.25, 0.3) is 11.8 Å². The molecule has 5 N–H and O–H groups in total. The molecule has 2 aliphatic rings. The number of thioether (sulfide) groups is 1. The van der Waals surface area contributed by atoms with E-state index < -0.39 is 41.6 Å². The van der Waals surface area contributed by atoms with E-state index in [4.69, 9.17) is 15.9 Å². The van der Waals surface area contributed by atoms with Crippen LogP contribution in [-0.2, 0) is 19.2 Å². The summed E-state index contributed by atoms with van der Waals surface area (Å²) in [6.07, 6.45) is 2.23.